The minimum Gasteiger partial charge on any atom is -0.480 e. The highest BCUT2D eigenvalue weighted by Crippen LogP contribution is 2.32. The van der Waals surface area contributed by atoms with E-state index in [4.69, 9.17) is 34.2 Å². The van der Waals surface area contributed by atoms with Gasteiger partial charge in [-0.05, 0) is 41.4 Å². The highest BCUT2D eigenvalue weighted by Gasteiger charge is 2.37. The molecule has 0 heterocycles. The van der Waals surface area contributed by atoms with Crippen LogP contribution >= 0.6 is 0 Å². The number of carboxylic acid groups (broad SMARTS) is 1. The van der Waals surface area contributed by atoms with E-state index < -0.39 is 36.1 Å². The van der Waals surface area contributed by atoms with Crippen molar-refractivity contribution in [1.82, 2.24) is 0 Å². The number of benzene rings is 1. The number of aliphatic carboxylic acids is 1. The average Bonchev–Trinajstić information content (AvgIpc) is 2.80. The summed E-state index contributed by atoms with van der Waals surface area (Å²) < 4.78 is 31.0. The molecule has 0 spiro atoms. The quantitative estimate of drug-likeness (QED) is 0.174. The third-order valence-electron chi connectivity index (χ3n) is 5.07. The molecule has 0 saturated carbocycles. The van der Waals surface area contributed by atoms with Gasteiger partial charge < -0.3 is 39.3 Å². The summed E-state index contributed by atoms with van der Waals surface area (Å²) in [5, 5.41) is 9.92. The number of carbonyl (C=O) groups is 4. The van der Waals surface area contributed by atoms with E-state index in [0.717, 1.165) is 0 Å². The molecule has 1 aromatic rings. The summed E-state index contributed by atoms with van der Waals surface area (Å²) in [6.45, 7) is 16.7. The van der Waals surface area contributed by atoms with Gasteiger partial charge in [0.15, 0.2) is 11.5 Å². The van der Waals surface area contributed by atoms with Crippen LogP contribution in [0.25, 0.3) is 0 Å². The molecule has 0 bridgehead atoms. The monoisotopic (exact) mass is 583 g/mol. The normalized spacial score (nSPS) is 13.9. The van der Waals surface area contributed by atoms with Gasteiger partial charge in [0.2, 0.25) is 0 Å². The standard InChI is InChI=1S/C29H45NO11/c1-18(2)15-36-24(33)39-19(3)13-29(30,23(31)32)14-20-10-11-21(40-25(34)37-16-27(4,5)6)22(12-20)41-26(35)38-17-28(7,8)9/h10-12,18-19H,13-17,30H2,1-9H3,(H,31,32)/t19-,29?/m0/s1. The Kier molecular flexibility index (Phi) is 12.9. The summed E-state index contributed by atoms with van der Waals surface area (Å²) in [4.78, 5) is 48.8. The Morgan fingerprint density at radius 2 is 1.32 bits per heavy atom. The van der Waals surface area contributed by atoms with Crippen LogP contribution in [-0.2, 0) is 30.2 Å². The molecular formula is C29H45NO11. The van der Waals surface area contributed by atoms with Gasteiger partial charge in [-0.3, -0.25) is 4.79 Å². The van der Waals surface area contributed by atoms with Crippen molar-refractivity contribution in [2.45, 2.75) is 86.8 Å². The Morgan fingerprint density at radius 1 is 0.805 bits per heavy atom. The summed E-state index contributed by atoms with van der Waals surface area (Å²) >= 11 is 0. The fraction of sp³-hybridized carbons (Fsp3) is 0.655. The van der Waals surface area contributed by atoms with E-state index in [9.17, 15) is 24.3 Å². The summed E-state index contributed by atoms with van der Waals surface area (Å²) in [6, 6.07) is 4.11. The number of hydrogen-bond acceptors (Lipinski definition) is 11. The molecule has 0 aliphatic carbocycles. The summed E-state index contributed by atoms with van der Waals surface area (Å²) in [6.07, 6.45) is -4.39. The van der Waals surface area contributed by atoms with Crippen LogP contribution in [0.4, 0.5) is 14.4 Å². The minimum absolute atomic E-state index is 0.0533. The maximum absolute atomic E-state index is 12.4. The van der Waals surface area contributed by atoms with Crippen LogP contribution in [0.15, 0.2) is 18.2 Å². The zero-order chi connectivity index (χ0) is 31.6. The van der Waals surface area contributed by atoms with Crippen molar-refractivity contribution >= 4 is 24.4 Å². The van der Waals surface area contributed by atoms with Crippen molar-refractivity contribution in [2.75, 3.05) is 19.8 Å². The SMILES string of the molecule is CC(C)COC(=O)O[C@@H](C)CC(N)(Cc1ccc(OC(=O)OCC(C)(C)C)c(OC(=O)OCC(C)(C)C)c1)C(=O)O. The molecule has 1 rings (SSSR count). The predicted molar refractivity (Wildman–Crippen MR) is 149 cm³/mol. The summed E-state index contributed by atoms with van der Waals surface area (Å²) in [5.41, 5.74) is 4.05. The highest BCUT2D eigenvalue weighted by atomic mass is 16.7. The van der Waals surface area contributed by atoms with Crippen molar-refractivity contribution in [3.63, 3.8) is 0 Å². The van der Waals surface area contributed by atoms with Gasteiger partial charge in [-0.25, -0.2) is 14.4 Å². The van der Waals surface area contributed by atoms with Crippen molar-refractivity contribution in [3.8, 4) is 11.5 Å². The molecule has 1 aromatic carbocycles. The molecule has 2 atom stereocenters. The molecule has 41 heavy (non-hydrogen) atoms. The second kappa shape index (κ2) is 14.9. The van der Waals surface area contributed by atoms with Crippen LogP contribution < -0.4 is 15.2 Å². The zero-order valence-corrected chi connectivity index (χ0v) is 25.5. The van der Waals surface area contributed by atoms with Crippen LogP contribution in [0.2, 0.25) is 0 Å². The van der Waals surface area contributed by atoms with E-state index in [2.05, 4.69) is 0 Å². The molecule has 3 N–H and O–H groups in total. The molecule has 0 aliphatic rings. The summed E-state index contributed by atoms with van der Waals surface area (Å²) in [5.74, 6) is -1.60. The van der Waals surface area contributed by atoms with Gasteiger partial charge in [0.25, 0.3) is 0 Å². The van der Waals surface area contributed by atoms with Gasteiger partial charge in [0.05, 0.1) is 19.8 Å². The first-order valence-electron chi connectivity index (χ1n) is 13.4. The molecule has 1 unspecified atom stereocenters. The maximum Gasteiger partial charge on any atom is 0.513 e. The molecule has 0 radical (unpaired) electrons. The second-order valence-electron chi connectivity index (χ2n) is 12.9. The van der Waals surface area contributed by atoms with E-state index in [-0.39, 0.29) is 60.9 Å². The molecular weight excluding hydrogens is 538 g/mol. The van der Waals surface area contributed by atoms with Gasteiger partial charge in [-0.1, -0.05) is 61.5 Å². The van der Waals surface area contributed by atoms with Crippen molar-refractivity contribution in [3.05, 3.63) is 23.8 Å². The third-order valence-corrected chi connectivity index (χ3v) is 5.07. The number of hydrogen-bond donors (Lipinski definition) is 2. The van der Waals surface area contributed by atoms with Crippen molar-refractivity contribution in [2.24, 2.45) is 22.5 Å². The first-order valence-corrected chi connectivity index (χ1v) is 13.4. The number of rotatable bonds is 12. The Bertz CT molecular complexity index is 1060. The topological polar surface area (TPSA) is 170 Å². The smallest absolute Gasteiger partial charge is 0.480 e. The number of carbonyl (C=O) groups excluding carboxylic acids is 3. The molecule has 0 aromatic heterocycles. The van der Waals surface area contributed by atoms with Crippen LogP contribution in [0.3, 0.4) is 0 Å². The van der Waals surface area contributed by atoms with E-state index in [1.54, 1.807) is 0 Å². The van der Waals surface area contributed by atoms with E-state index >= 15 is 0 Å². The molecule has 232 valence electrons. The highest BCUT2D eigenvalue weighted by molar-refractivity contribution is 5.79. The largest absolute Gasteiger partial charge is 0.513 e. The van der Waals surface area contributed by atoms with Gasteiger partial charge in [-0.15, -0.1) is 0 Å². The van der Waals surface area contributed by atoms with Gasteiger partial charge in [0, 0.05) is 12.8 Å². The third kappa shape index (κ3) is 14.6. The van der Waals surface area contributed by atoms with Crippen molar-refractivity contribution in [1.29, 1.82) is 0 Å². The zero-order valence-electron chi connectivity index (χ0n) is 25.5. The maximum atomic E-state index is 12.4. The lowest BCUT2D eigenvalue weighted by Gasteiger charge is -2.28. The van der Waals surface area contributed by atoms with Gasteiger partial charge in [0.1, 0.15) is 11.6 Å². The van der Waals surface area contributed by atoms with Crippen LogP contribution in [-0.4, -0.2) is 61.0 Å². The predicted octanol–water partition coefficient (Wildman–Crippen LogP) is 5.72. The minimum atomic E-state index is -1.88. The fourth-order valence-corrected chi connectivity index (χ4v) is 3.20. The Labute approximate surface area is 241 Å². The van der Waals surface area contributed by atoms with E-state index in [1.165, 1.54) is 25.1 Å². The molecule has 12 nitrogen and oxygen atoms in total. The first kappa shape index (κ1) is 35.5. The lowest BCUT2D eigenvalue weighted by atomic mass is 9.86. The second-order valence-corrected chi connectivity index (χ2v) is 12.9. The molecule has 0 aliphatic heterocycles. The number of carboxylic acids is 1. The number of ether oxygens (including phenoxy) is 6. The van der Waals surface area contributed by atoms with Crippen LogP contribution in [0.5, 0.6) is 11.5 Å². The molecule has 12 heteroatoms. The van der Waals surface area contributed by atoms with Crippen LogP contribution in [0.1, 0.15) is 74.3 Å². The van der Waals surface area contributed by atoms with E-state index in [0.29, 0.717) is 5.56 Å². The fourth-order valence-electron chi connectivity index (χ4n) is 3.20. The Morgan fingerprint density at radius 3 is 1.78 bits per heavy atom. The van der Waals surface area contributed by atoms with Crippen molar-refractivity contribution < 1.29 is 52.7 Å². The Balaban J connectivity index is 3.17. The first-order chi connectivity index (χ1) is 18.7. The van der Waals surface area contributed by atoms with E-state index in [1.807, 2.05) is 55.4 Å². The summed E-state index contributed by atoms with van der Waals surface area (Å²) in [7, 11) is 0. The number of nitrogens with two attached hydrogens (primary N) is 1. The van der Waals surface area contributed by atoms with Gasteiger partial charge in [-0.2, -0.15) is 0 Å². The molecule has 0 fully saturated rings. The van der Waals surface area contributed by atoms with Gasteiger partial charge >= 0.3 is 24.4 Å². The lowest BCUT2D eigenvalue weighted by Crippen LogP contribution is -2.52. The van der Waals surface area contributed by atoms with Crippen LogP contribution in [0, 0.1) is 16.7 Å². The Hall–Kier alpha value is -3.54. The molecule has 0 saturated heterocycles. The average molecular weight is 584 g/mol. The molecule has 0 amide bonds. The lowest BCUT2D eigenvalue weighted by molar-refractivity contribution is -0.144.